The first kappa shape index (κ1) is 12.3. The second-order valence-electron chi connectivity index (χ2n) is 4.02. The molecule has 0 aliphatic carbocycles. The van der Waals surface area contributed by atoms with Crippen molar-refractivity contribution in [2.75, 3.05) is 6.61 Å². The lowest BCUT2D eigenvalue weighted by molar-refractivity contribution is 0.298. The summed E-state index contributed by atoms with van der Waals surface area (Å²) in [5, 5.41) is 16.9. The molecule has 1 aromatic heterocycles. The summed E-state index contributed by atoms with van der Waals surface area (Å²) in [6.07, 6.45) is 2.38. The summed E-state index contributed by atoms with van der Waals surface area (Å²) in [4.78, 5) is 0. The fourth-order valence-corrected chi connectivity index (χ4v) is 1.94. The highest BCUT2D eigenvalue weighted by Crippen LogP contribution is 2.24. The average Bonchev–Trinajstić information content (AvgIpc) is 2.74. The van der Waals surface area contributed by atoms with Gasteiger partial charge in [0, 0.05) is 17.5 Å². The minimum absolute atomic E-state index is 0.0943. The fraction of sp³-hybridized carbons (Fsp3) is 0.333. The zero-order valence-corrected chi connectivity index (χ0v) is 11.4. The third kappa shape index (κ3) is 2.56. The summed E-state index contributed by atoms with van der Waals surface area (Å²) < 4.78 is 2.86. The van der Waals surface area contributed by atoms with Gasteiger partial charge in [0.2, 0.25) is 0 Å². The van der Waals surface area contributed by atoms with E-state index in [-0.39, 0.29) is 6.61 Å². The number of hydrogen-bond acceptors (Lipinski definition) is 3. The van der Waals surface area contributed by atoms with Gasteiger partial charge in [-0.2, -0.15) is 0 Å². The number of hydrogen-bond donors (Lipinski definition) is 1. The van der Waals surface area contributed by atoms with Gasteiger partial charge in [-0.25, -0.2) is 4.68 Å². The van der Waals surface area contributed by atoms with Crippen molar-refractivity contribution in [1.82, 2.24) is 15.0 Å². The Morgan fingerprint density at radius 1 is 1.29 bits per heavy atom. The number of nitrogens with zero attached hydrogens (tertiary/aromatic N) is 3. The first-order chi connectivity index (χ1) is 8.11. The Hall–Kier alpha value is -1.20. The topological polar surface area (TPSA) is 50.9 Å². The molecule has 0 fully saturated rings. The van der Waals surface area contributed by atoms with Gasteiger partial charge in [-0.1, -0.05) is 21.1 Å². The molecule has 0 aliphatic heterocycles. The standard InChI is InChI=1S/C12H14BrN3O/c1-8-5-11(6-9(2)12(8)13)16-7-10(3-4-17)14-15-16/h5-7,17H,3-4H2,1-2H3. The molecule has 0 unspecified atom stereocenters. The van der Waals surface area contributed by atoms with E-state index in [9.17, 15) is 0 Å². The molecular weight excluding hydrogens is 282 g/mol. The lowest BCUT2D eigenvalue weighted by atomic mass is 10.1. The summed E-state index contributed by atoms with van der Waals surface area (Å²) in [7, 11) is 0. The van der Waals surface area contributed by atoms with Crippen LogP contribution in [-0.2, 0) is 6.42 Å². The maximum absolute atomic E-state index is 8.84. The van der Waals surface area contributed by atoms with Gasteiger partial charge in [0.15, 0.2) is 0 Å². The highest BCUT2D eigenvalue weighted by molar-refractivity contribution is 9.10. The van der Waals surface area contributed by atoms with Gasteiger partial charge in [-0.15, -0.1) is 5.10 Å². The number of benzene rings is 1. The minimum atomic E-state index is 0.0943. The zero-order valence-electron chi connectivity index (χ0n) is 9.81. The highest BCUT2D eigenvalue weighted by Gasteiger charge is 2.06. The molecule has 5 heteroatoms. The van der Waals surface area contributed by atoms with Crippen LogP contribution in [0.2, 0.25) is 0 Å². The number of aliphatic hydroxyl groups excluding tert-OH is 1. The summed E-state index contributed by atoms with van der Waals surface area (Å²) in [5.74, 6) is 0. The van der Waals surface area contributed by atoms with Crippen LogP contribution in [0.3, 0.4) is 0 Å². The van der Waals surface area contributed by atoms with Gasteiger partial charge in [0.05, 0.1) is 17.6 Å². The van der Waals surface area contributed by atoms with E-state index in [0.29, 0.717) is 6.42 Å². The molecule has 0 radical (unpaired) electrons. The molecule has 0 bridgehead atoms. The maximum atomic E-state index is 8.84. The Balaban J connectivity index is 2.39. The van der Waals surface area contributed by atoms with Crippen LogP contribution in [0.4, 0.5) is 0 Å². The molecular formula is C12H14BrN3O. The minimum Gasteiger partial charge on any atom is -0.396 e. The van der Waals surface area contributed by atoms with Gasteiger partial charge >= 0.3 is 0 Å². The first-order valence-corrected chi connectivity index (χ1v) is 6.20. The van der Waals surface area contributed by atoms with Crippen LogP contribution in [0.5, 0.6) is 0 Å². The molecule has 90 valence electrons. The third-order valence-electron chi connectivity index (χ3n) is 2.59. The molecule has 0 saturated heterocycles. The van der Waals surface area contributed by atoms with E-state index in [4.69, 9.17) is 5.11 Å². The second kappa shape index (κ2) is 4.98. The number of aryl methyl sites for hydroxylation is 2. The molecule has 17 heavy (non-hydrogen) atoms. The van der Waals surface area contributed by atoms with Gasteiger partial charge in [-0.05, 0) is 37.1 Å². The Labute approximate surface area is 108 Å². The third-order valence-corrected chi connectivity index (χ3v) is 3.85. The van der Waals surface area contributed by atoms with Crippen LogP contribution in [0.1, 0.15) is 16.8 Å². The van der Waals surface area contributed by atoms with Gasteiger partial charge in [0.25, 0.3) is 0 Å². The molecule has 0 aliphatic rings. The monoisotopic (exact) mass is 295 g/mol. The Morgan fingerprint density at radius 3 is 2.53 bits per heavy atom. The number of rotatable bonds is 3. The van der Waals surface area contributed by atoms with E-state index in [2.05, 4.69) is 38.4 Å². The van der Waals surface area contributed by atoms with E-state index in [1.165, 1.54) is 11.1 Å². The van der Waals surface area contributed by atoms with Crippen molar-refractivity contribution in [1.29, 1.82) is 0 Å². The van der Waals surface area contributed by atoms with Crippen LogP contribution < -0.4 is 0 Å². The van der Waals surface area contributed by atoms with E-state index < -0.39 is 0 Å². The number of aliphatic hydroxyl groups is 1. The zero-order chi connectivity index (χ0) is 12.4. The summed E-state index contributed by atoms with van der Waals surface area (Å²) in [6.45, 7) is 4.19. The molecule has 1 heterocycles. The van der Waals surface area contributed by atoms with Crippen LogP contribution in [0.25, 0.3) is 5.69 Å². The predicted molar refractivity (Wildman–Crippen MR) is 69.3 cm³/mol. The van der Waals surface area contributed by atoms with Crippen molar-refractivity contribution in [2.24, 2.45) is 0 Å². The molecule has 2 aromatic rings. The summed E-state index contributed by atoms with van der Waals surface area (Å²) in [5.41, 5.74) is 4.11. The van der Waals surface area contributed by atoms with Gasteiger partial charge < -0.3 is 5.11 Å². The van der Waals surface area contributed by atoms with Crippen LogP contribution in [0.15, 0.2) is 22.8 Å². The second-order valence-corrected chi connectivity index (χ2v) is 4.81. The van der Waals surface area contributed by atoms with Crippen LogP contribution in [-0.4, -0.2) is 26.7 Å². The molecule has 1 N–H and O–H groups in total. The normalized spacial score (nSPS) is 10.8. The van der Waals surface area contributed by atoms with E-state index in [0.717, 1.165) is 15.9 Å². The fourth-order valence-electron chi connectivity index (χ4n) is 1.71. The largest absolute Gasteiger partial charge is 0.396 e. The van der Waals surface area contributed by atoms with Crippen molar-refractivity contribution in [3.63, 3.8) is 0 Å². The maximum Gasteiger partial charge on any atom is 0.0854 e. The van der Waals surface area contributed by atoms with Crippen molar-refractivity contribution in [2.45, 2.75) is 20.3 Å². The van der Waals surface area contributed by atoms with Gasteiger partial charge in [-0.3, -0.25) is 0 Å². The van der Waals surface area contributed by atoms with Crippen molar-refractivity contribution in [3.8, 4) is 5.69 Å². The number of aromatic nitrogens is 3. The van der Waals surface area contributed by atoms with E-state index >= 15 is 0 Å². The summed E-state index contributed by atoms with van der Waals surface area (Å²) in [6, 6.07) is 4.10. The van der Waals surface area contributed by atoms with Gasteiger partial charge in [0.1, 0.15) is 0 Å². The SMILES string of the molecule is Cc1cc(-n2cc(CCO)nn2)cc(C)c1Br. The molecule has 0 saturated carbocycles. The molecule has 4 nitrogen and oxygen atoms in total. The smallest absolute Gasteiger partial charge is 0.0854 e. The molecule has 0 amide bonds. The molecule has 0 atom stereocenters. The molecule has 1 aromatic carbocycles. The molecule has 2 rings (SSSR count). The molecule has 0 spiro atoms. The number of halogens is 1. The Morgan fingerprint density at radius 2 is 1.94 bits per heavy atom. The highest BCUT2D eigenvalue weighted by atomic mass is 79.9. The summed E-state index contributed by atoms with van der Waals surface area (Å²) >= 11 is 3.54. The Kier molecular flexibility index (Phi) is 3.59. The van der Waals surface area contributed by atoms with Crippen LogP contribution >= 0.6 is 15.9 Å². The first-order valence-electron chi connectivity index (χ1n) is 5.41. The predicted octanol–water partition coefficient (Wildman–Crippen LogP) is 2.18. The van der Waals surface area contributed by atoms with Crippen molar-refractivity contribution < 1.29 is 5.11 Å². The van der Waals surface area contributed by atoms with Crippen LogP contribution in [0, 0.1) is 13.8 Å². The van der Waals surface area contributed by atoms with E-state index in [1.54, 1.807) is 4.68 Å². The lowest BCUT2D eigenvalue weighted by Crippen LogP contribution is -1.97. The lowest BCUT2D eigenvalue weighted by Gasteiger charge is -2.07. The average molecular weight is 296 g/mol. The van der Waals surface area contributed by atoms with Crippen molar-refractivity contribution in [3.05, 3.63) is 39.6 Å². The Bertz CT molecular complexity index is 513. The van der Waals surface area contributed by atoms with Crippen molar-refractivity contribution >= 4 is 15.9 Å². The van der Waals surface area contributed by atoms with E-state index in [1.807, 2.05) is 20.0 Å². The quantitative estimate of drug-likeness (QED) is 0.944.